The number of aryl methyl sites for hydroxylation is 2. The summed E-state index contributed by atoms with van der Waals surface area (Å²) in [6.45, 7) is 4.55. The molecule has 0 radical (unpaired) electrons. The zero-order chi connectivity index (χ0) is 13.7. The van der Waals surface area contributed by atoms with Gasteiger partial charge >= 0.3 is 0 Å². The third-order valence-electron chi connectivity index (χ3n) is 2.57. The summed E-state index contributed by atoms with van der Waals surface area (Å²) < 4.78 is 0. The van der Waals surface area contributed by atoms with Crippen molar-refractivity contribution in [3.63, 3.8) is 0 Å². The summed E-state index contributed by atoms with van der Waals surface area (Å²) in [6.07, 6.45) is 4.58. The van der Waals surface area contributed by atoms with Crippen LogP contribution in [0.15, 0.2) is 6.20 Å². The summed E-state index contributed by atoms with van der Waals surface area (Å²) in [5.74, 6) is 0.665. The van der Waals surface area contributed by atoms with Gasteiger partial charge < -0.3 is 5.32 Å². The van der Waals surface area contributed by atoms with Crippen LogP contribution in [0.4, 0.5) is 0 Å². The van der Waals surface area contributed by atoms with Crippen molar-refractivity contribution in [2.24, 2.45) is 0 Å². The Labute approximate surface area is 115 Å². The monoisotopic (exact) mass is 279 g/mol. The van der Waals surface area contributed by atoms with Crippen molar-refractivity contribution < 1.29 is 4.79 Å². The lowest BCUT2D eigenvalue weighted by Crippen LogP contribution is -2.23. The Hall–Kier alpha value is -1.76. The molecule has 0 atom stereocenters. The van der Waals surface area contributed by atoms with Crippen molar-refractivity contribution in [1.29, 1.82) is 0 Å². The molecule has 0 saturated carbocycles. The van der Waals surface area contributed by atoms with Gasteiger partial charge in [-0.05, 0) is 12.8 Å². The van der Waals surface area contributed by atoms with Gasteiger partial charge in [-0.1, -0.05) is 13.8 Å². The first kappa shape index (κ1) is 13.7. The number of amides is 1. The van der Waals surface area contributed by atoms with Crippen molar-refractivity contribution in [2.75, 3.05) is 0 Å². The van der Waals surface area contributed by atoms with E-state index in [9.17, 15) is 4.79 Å². The molecule has 0 unspecified atom stereocenters. The highest BCUT2D eigenvalue weighted by Crippen LogP contribution is 2.12. The Bertz CT molecular complexity index is 548. The van der Waals surface area contributed by atoms with E-state index in [2.05, 4.69) is 39.3 Å². The zero-order valence-corrected chi connectivity index (χ0v) is 11.9. The maximum absolute atomic E-state index is 11.8. The number of hydrogen-bond donors (Lipinski definition) is 2. The van der Waals surface area contributed by atoms with Gasteiger partial charge in [-0.3, -0.25) is 9.89 Å². The summed E-state index contributed by atoms with van der Waals surface area (Å²) in [6, 6.07) is 0. The molecule has 0 aromatic carbocycles. The minimum atomic E-state index is -0.271. The lowest BCUT2D eigenvalue weighted by Gasteiger charge is -1.98. The van der Waals surface area contributed by atoms with Crippen molar-refractivity contribution in [3.8, 4) is 0 Å². The summed E-state index contributed by atoms with van der Waals surface area (Å²) in [4.78, 5) is 21.4. The van der Waals surface area contributed by atoms with Crippen LogP contribution in [0, 0.1) is 0 Å². The highest BCUT2D eigenvalue weighted by atomic mass is 32.1. The summed E-state index contributed by atoms with van der Waals surface area (Å²) in [5, 5.41) is 10.3. The van der Waals surface area contributed by atoms with Gasteiger partial charge in [-0.25, -0.2) is 9.97 Å². The van der Waals surface area contributed by atoms with Gasteiger partial charge in [0, 0.05) is 17.5 Å². The van der Waals surface area contributed by atoms with Crippen LogP contribution in [-0.4, -0.2) is 26.1 Å². The predicted molar refractivity (Wildman–Crippen MR) is 73.0 cm³/mol. The molecule has 0 bridgehead atoms. The van der Waals surface area contributed by atoms with Crippen molar-refractivity contribution in [3.05, 3.63) is 27.7 Å². The van der Waals surface area contributed by atoms with Crippen LogP contribution in [-0.2, 0) is 19.4 Å². The SMILES string of the molecule is CCCc1nc(C(=O)NCc2ncc(CC)s2)n[nH]1. The average molecular weight is 279 g/mol. The first-order chi connectivity index (χ1) is 9.22. The van der Waals surface area contributed by atoms with Crippen molar-refractivity contribution >= 4 is 17.2 Å². The summed E-state index contributed by atoms with van der Waals surface area (Å²) in [5.41, 5.74) is 0. The number of carbonyl (C=O) groups is 1. The Morgan fingerprint density at radius 3 is 3.00 bits per heavy atom. The lowest BCUT2D eigenvalue weighted by molar-refractivity contribution is 0.0941. The molecule has 2 aromatic rings. The Balaban J connectivity index is 1.89. The van der Waals surface area contributed by atoms with Crippen LogP contribution in [0.1, 0.15) is 46.6 Å². The van der Waals surface area contributed by atoms with E-state index in [1.165, 1.54) is 4.88 Å². The lowest BCUT2D eigenvalue weighted by atomic mass is 10.3. The Kier molecular flexibility index (Phi) is 4.62. The highest BCUT2D eigenvalue weighted by Gasteiger charge is 2.12. The smallest absolute Gasteiger partial charge is 0.291 e. The molecule has 2 N–H and O–H groups in total. The number of nitrogens with zero attached hydrogens (tertiary/aromatic N) is 3. The highest BCUT2D eigenvalue weighted by molar-refractivity contribution is 7.11. The molecule has 0 spiro atoms. The molecule has 19 heavy (non-hydrogen) atoms. The number of rotatable bonds is 6. The van der Waals surface area contributed by atoms with E-state index < -0.39 is 0 Å². The van der Waals surface area contributed by atoms with E-state index in [-0.39, 0.29) is 11.7 Å². The Morgan fingerprint density at radius 2 is 2.32 bits per heavy atom. The van der Waals surface area contributed by atoms with Gasteiger partial charge in [-0.2, -0.15) is 0 Å². The third-order valence-corrected chi connectivity index (χ3v) is 3.71. The molecular weight excluding hydrogens is 262 g/mol. The van der Waals surface area contributed by atoms with E-state index in [0.717, 1.165) is 30.1 Å². The van der Waals surface area contributed by atoms with Crippen LogP contribution >= 0.6 is 11.3 Å². The molecule has 2 rings (SSSR count). The number of nitrogens with one attached hydrogen (secondary N) is 2. The molecule has 0 aliphatic carbocycles. The van der Waals surface area contributed by atoms with Crippen LogP contribution < -0.4 is 5.32 Å². The maximum Gasteiger partial charge on any atom is 0.291 e. The second kappa shape index (κ2) is 6.42. The number of aromatic nitrogens is 4. The minimum Gasteiger partial charge on any atom is -0.343 e. The van der Waals surface area contributed by atoms with Crippen LogP contribution in [0.5, 0.6) is 0 Å². The number of aromatic amines is 1. The van der Waals surface area contributed by atoms with E-state index in [4.69, 9.17) is 0 Å². The van der Waals surface area contributed by atoms with Gasteiger partial charge in [0.1, 0.15) is 10.8 Å². The van der Waals surface area contributed by atoms with Gasteiger partial charge in [0.25, 0.3) is 5.91 Å². The first-order valence-corrected chi connectivity index (χ1v) is 7.17. The molecule has 7 heteroatoms. The van der Waals surface area contributed by atoms with Crippen molar-refractivity contribution in [2.45, 2.75) is 39.7 Å². The molecule has 0 fully saturated rings. The number of thiazole rings is 1. The maximum atomic E-state index is 11.8. The predicted octanol–water partition coefficient (Wildman–Crippen LogP) is 1.71. The van der Waals surface area contributed by atoms with Crippen LogP contribution in [0.2, 0.25) is 0 Å². The van der Waals surface area contributed by atoms with Gasteiger partial charge in [0.2, 0.25) is 5.82 Å². The van der Waals surface area contributed by atoms with Gasteiger partial charge in [0.15, 0.2) is 0 Å². The van der Waals surface area contributed by atoms with E-state index >= 15 is 0 Å². The molecule has 2 heterocycles. The van der Waals surface area contributed by atoms with E-state index in [1.54, 1.807) is 11.3 Å². The Morgan fingerprint density at radius 1 is 1.47 bits per heavy atom. The normalized spacial score (nSPS) is 10.6. The van der Waals surface area contributed by atoms with E-state index in [1.807, 2.05) is 6.20 Å². The molecule has 0 saturated heterocycles. The van der Waals surface area contributed by atoms with Crippen LogP contribution in [0.3, 0.4) is 0 Å². The number of hydrogen-bond acceptors (Lipinski definition) is 5. The third kappa shape index (κ3) is 3.60. The average Bonchev–Trinajstić information content (AvgIpc) is 3.05. The quantitative estimate of drug-likeness (QED) is 0.843. The topological polar surface area (TPSA) is 83.6 Å². The molecule has 6 nitrogen and oxygen atoms in total. The second-order valence-electron chi connectivity index (χ2n) is 4.11. The summed E-state index contributed by atoms with van der Waals surface area (Å²) >= 11 is 1.61. The fourth-order valence-corrected chi connectivity index (χ4v) is 2.38. The standard InChI is InChI=1S/C12H17N5OS/c1-3-5-9-15-11(17-16-9)12(18)14-7-10-13-6-8(4-2)19-10/h6H,3-5,7H2,1-2H3,(H,14,18)(H,15,16,17). The molecule has 2 aromatic heterocycles. The van der Waals surface area contributed by atoms with Crippen LogP contribution in [0.25, 0.3) is 0 Å². The molecular formula is C12H17N5OS. The zero-order valence-electron chi connectivity index (χ0n) is 11.1. The number of carbonyl (C=O) groups excluding carboxylic acids is 1. The largest absolute Gasteiger partial charge is 0.343 e. The first-order valence-electron chi connectivity index (χ1n) is 6.36. The van der Waals surface area contributed by atoms with Gasteiger partial charge in [0.05, 0.1) is 6.54 Å². The summed E-state index contributed by atoms with van der Waals surface area (Å²) in [7, 11) is 0. The molecule has 102 valence electrons. The van der Waals surface area contributed by atoms with Crippen molar-refractivity contribution in [1.82, 2.24) is 25.5 Å². The van der Waals surface area contributed by atoms with E-state index in [0.29, 0.717) is 6.54 Å². The second-order valence-corrected chi connectivity index (χ2v) is 5.31. The molecule has 0 aliphatic rings. The molecule has 0 aliphatic heterocycles. The fraction of sp³-hybridized carbons (Fsp3) is 0.500. The molecule has 1 amide bonds. The minimum absolute atomic E-state index is 0.190. The van der Waals surface area contributed by atoms with Gasteiger partial charge in [-0.15, -0.1) is 16.4 Å². The number of H-pyrrole nitrogens is 1. The fourth-order valence-electron chi connectivity index (χ4n) is 1.57.